The number of nitrogens with zero attached hydrogens (tertiary/aromatic N) is 4. The molecule has 0 spiro atoms. The number of halogens is 1. The molecule has 2 rings (SSSR count). The van der Waals surface area contributed by atoms with Gasteiger partial charge in [-0.05, 0) is 24.4 Å². The molecule has 0 unspecified atom stereocenters. The summed E-state index contributed by atoms with van der Waals surface area (Å²) in [4.78, 5) is 12.8. The van der Waals surface area contributed by atoms with Gasteiger partial charge in [-0.25, -0.2) is 4.98 Å². The highest BCUT2D eigenvalue weighted by Gasteiger charge is 2.12. The van der Waals surface area contributed by atoms with E-state index in [0.29, 0.717) is 5.65 Å². The van der Waals surface area contributed by atoms with Gasteiger partial charge >= 0.3 is 0 Å². The maximum Gasteiger partial charge on any atom is 0.226 e. The van der Waals surface area contributed by atoms with Crippen molar-refractivity contribution in [2.75, 3.05) is 11.9 Å². The zero-order chi connectivity index (χ0) is 14.4. The molecule has 0 aliphatic carbocycles. The van der Waals surface area contributed by atoms with Crippen molar-refractivity contribution in [1.29, 1.82) is 0 Å². The van der Waals surface area contributed by atoms with Crippen LogP contribution in [-0.2, 0) is 6.54 Å². The number of hydrogen-bond acceptors (Lipinski definition) is 4. The van der Waals surface area contributed by atoms with Gasteiger partial charge in [0.2, 0.25) is 5.28 Å². The van der Waals surface area contributed by atoms with E-state index in [-0.39, 0.29) is 5.28 Å². The number of imidazole rings is 1. The van der Waals surface area contributed by atoms with Gasteiger partial charge in [0.1, 0.15) is 5.52 Å². The predicted molar refractivity (Wildman–Crippen MR) is 83.3 cm³/mol. The molecule has 0 saturated carbocycles. The SMILES string of the molecule is CCCCCNc1nc(Cl)nc2ncn(CCCC)c12. The van der Waals surface area contributed by atoms with Crippen molar-refractivity contribution in [3.63, 3.8) is 0 Å². The lowest BCUT2D eigenvalue weighted by atomic mass is 10.2. The third kappa shape index (κ3) is 3.60. The predicted octanol–water partition coefficient (Wildman–Crippen LogP) is 3.88. The standard InChI is InChI=1S/C14H22ClN5/c1-3-5-7-8-16-12-11-13(19-14(15)18-12)17-10-20(11)9-6-4-2/h10H,3-9H2,1-2H3,(H,16,18,19). The maximum atomic E-state index is 5.97. The number of hydrogen-bond donors (Lipinski definition) is 1. The molecule has 2 aromatic rings. The highest BCUT2D eigenvalue weighted by atomic mass is 35.5. The minimum Gasteiger partial charge on any atom is -0.368 e. The van der Waals surface area contributed by atoms with E-state index in [9.17, 15) is 0 Å². The summed E-state index contributed by atoms with van der Waals surface area (Å²) < 4.78 is 2.11. The van der Waals surface area contributed by atoms with Crippen molar-refractivity contribution in [3.05, 3.63) is 11.6 Å². The Morgan fingerprint density at radius 1 is 1.15 bits per heavy atom. The maximum absolute atomic E-state index is 5.97. The minimum absolute atomic E-state index is 0.247. The first-order chi connectivity index (χ1) is 9.76. The molecule has 0 aliphatic heterocycles. The van der Waals surface area contributed by atoms with E-state index in [1.807, 2.05) is 6.33 Å². The Balaban J connectivity index is 2.22. The van der Waals surface area contributed by atoms with Gasteiger partial charge in [-0.2, -0.15) is 9.97 Å². The molecule has 0 bridgehead atoms. The number of aromatic nitrogens is 4. The molecule has 0 amide bonds. The first-order valence-electron chi connectivity index (χ1n) is 7.38. The molecule has 0 fully saturated rings. The van der Waals surface area contributed by atoms with Gasteiger partial charge in [-0.1, -0.05) is 33.1 Å². The largest absolute Gasteiger partial charge is 0.368 e. The fraction of sp³-hybridized carbons (Fsp3) is 0.643. The van der Waals surface area contributed by atoms with Crippen LogP contribution in [0.5, 0.6) is 0 Å². The molecule has 0 aromatic carbocycles. The van der Waals surface area contributed by atoms with E-state index >= 15 is 0 Å². The molecular formula is C14H22ClN5. The lowest BCUT2D eigenvalue weighted by Crippen LogP contribution is -2.07. The summed E-state index contributed by atoms with van der Waals surface area (Å²) in [6, 6.07) is 0. The summed E-state index contributed by atoms with van der Waals surface area (Å²) in [5, 5.41) is 3.62. The minimum atomic E-state index is 0.247. The highest BCUT2D eigenvalue weighted by molar-refractivity contribution is 6.28. The number of unbranched alkanes of at least 4 members (excludes halogenated alkanes) is 3. The van der Waals surface area contributed by atoms with Crippen LogP contribution in [0.1, 0.15) is 46.0 Å². The Morgan fingerprint density at radius 2 is 1.95 bits per heavy atom. The Bertz CT molecular complexity index is 552. The normalized spacial score (nSPS) is 11.2. The second-order valence-corrected chi connectivity index (χ2v) is 5.28. The van der Waals surface area contributed by atoms with Gasteiger partial charge in [0.25, 0.3) is 0 Å². The van der Waals surface area contributed by atoms with Crippen molar-refractivity contribution in [1.82, 2.24) is 19.5 Å². The Kier molecular flexibility index (Phi) is 5.59. The van der Waals surface area contributed by atoms with E-state index in [0.717, 1.165) is 43.7 Å². The summed E-state index contributed by atoms with van der Waals surface area (Å²) in [6.45, 7) is 6.20. The quantitative estimate of drug-likeness (QED) is 0.593. The van der Waals surface area contributed by atoms with Crippen LogP contribution in [0.2, 0.25) is 5.28 Å². The average Bonchev–Trinajstić information content (AvgIpc) is 2.84. The van der Waals surface area contributed by atoms with Crippen LogP contribution in [0.15, 0.2) is 6.33 Å². The fourth-order valence-electron chi connectivity index (χ4n) is 2.16. The van der Waals surface area contributed by atoms with Crippen molar-refractivity contribution in [2.45, 2.75) is 52.5 Å². The Hall–Kier alpha value is -1.36. The molecule has 0 radical (unpaired) electrons. The van der Waals surface area contributed by atoms with Gasteiger partial charge in [0, 0.05) is 13.1 Å². The number of nitrogens with one attached hydrogen (secondary N) is 1. The molecule has 0 atom stereocenters. The van der Waals surface area contributed by atoms with Gasteiger partial charge in [-0.3, -0.25) is 0 Å². The first-order valence-corrected chi connectivity index (χ1v) is 7.76. The van der Waals surface area contributed by atoms with E-state index < -0.39 is 0 Å². The smallest absolute Gasteiger partial charge is 0.226 e. The number of fused-ring (bicyclic) bond motifs is 1. The topological polar surface area (TPSA) is 55.6 Å². The van der Waals surface area contributed by atoms with Crippen molar-refractivity contribution in [2.24, 2.45) is 0 Å². The molecule has 0 saturated heterocycles. The molecule has 5 nitrogen and oxygen atoms in total. The van der Waals surface area contributed by atoms with E-state index in [1.54, 1.807) is 0 Å². The first kappa shape index (κ1) is 15.0. The van der Waals surface area contributed by atoms with Gasteiger partial charge in [0.15, 0.2) is 11.5 Å². The summed E-state index contributed by atoms with van der Waals surface area (Å²) in [7, 11) is 0. The second kappa shape index (κ2) is 7.43. The van der Waals surface area contributed by atoms with Gasteiger partial charge in [-0.15, -0.1) is 0 Å². The van der Waals surface area contributed by atoms with Crippen LogP contribution < -0.4 is 5.32 Å². The lowest BCUT2D eigenvalue weighted by Gasteiger charge is -2.09. The van der Waals surface area contributed by atoms with E-state index in [1.165, 1.54) is 12.8 Å². The molecule has 20 heavy (non-hydrogen) atoms. The van der Waals surface area contributed by atoms with Crippen LogP contribution >= 0.6 is 11.6 Å². The third-order valence-electron chi connectivity index (χ3n) is 3.27. The summed E-state index contributed by atoms with van der Waals surface area (Å²) in [6.07, 6.45) is 7.63. The Morgan fingerprint density at radius 3 is 2.70 bits per heavy atom. The third-order valence-corrected chi connectivity index (χ3v) is 3.44. The number of aryl methyl sites for hydroxylation is 1. The zero-order valence-electron chi connectivity index (χ0n) is 12.2. The van der Waals surface area contributed by atoms with Gasteiger partial charge < -0.3 is 9.88 Å². The van der Waals surface area contributed by atoms with Crippen LogP contribution in [0.25, 0.3) is 11.2 Å². The molecule has 110 valence electrons. The second-order valence-electron chi connectivity index (χ2n) is 4.94. The fourth-order valence-corrected chi connectivity index (χ4v) is 2.32. The van der Waals surface area contributed by atoms with Crippen LogP contribution in [-0.4, -0.2) is 26.1 Å². The Labute approximate surface area is 124 Å². The summed E-state index contributed by atoms with van der Waals surface area (Å²) in [5.41, 5.74) is 1.62. The van der Waals surface area contributed by atoms with Crippen molar-refractivity contribution < 1.29 is 0 Å². The van der Waals surface area contributed by atoms with Crippen LogP contribution in [0, 0.1) is 0 Å². The molecule has 0 aliphatic rings. The van der Waals surface area contributed by atoms with Crippen molar-refractivity contribution in [3.8, 4) is 0 Å². The molecular weight excluding hydrogens is 274 g/mol. The number of rotatable bonds is 8. The molecule has 1 N–H and O–H groups in total. The summed E-state index contributed by atoms with van der Waals surface area (Å²) in [5.74, 6) is 0.796. The molecule has 2 aromatic heterocycles. The zero-order valence-corrected chi connectivity index (χ0v) is 12.9. The monoisotopic (exact) mass is 295 g/mol. The highest BCUT2D eigenvalue weighted by Crippen LogP contribution is 2.22. The van der Waals surface area contributed by atoms with Crippen LogP contribution in [0.4, 0.5) is 5.82 Å². The average molecular weight is 296 g/mol. The lowest BCUT2D eigenvalue weighted by molar-refractivity contribution is 0.645. The van der Waals surface area contributed by atoms with E-state index in [2.05, 4.69) is 38.7 Å². The number of anilines is 1. The van der Waals surface area contributed by atoms with Crippen LogP contribution in [0.3, 0.4) is 0 Å². The summed E-state index contributed by atoms with van der Waals surface area (Å²) >= 11 is 5.97. The van der Waals surface area contributed by atoms with Crippen molar-refractivity contribution >= 4 is 28.6 Å². The van der Waals surface area contributed by atoms with E-state index in [4.69, 9.17) is 11.6 Å². The molecule has 2 heterocycles. The van der Waals surface area contributed by atoms with Gasteiger partial charge in [0.05, 0.1) is 6.33 Å². The molecule has 6 heteroatoms.